The van der Waals surface area contributed by atoms with Crippen LogP contribution >= 0.6 is 0 Å². The fourth-order valence-electron chi connectivity index (χ4n) is 3.32. The van der Waals surface area contributed by atoms with Crippen molar-refractivity contribution in [1.29, 1.82) is 0 Å². The Morgan fingerprint density at radius 2 is 0.867 bits per heavy atom. The van der Waals surface area contributed by atoms with Gasteiger partial charge in [-0.15, -0.1) is 0 Å². The van der Waals surface area contributed by atoms with Crippen LogP contribution in [0.3, 0.4) is 0 Å². The summed E-state index contributed by atoms with van der Waals surface area (Å²) in [4.78, 5) is 0. The third-order valence-corrected chi connectivity index (χ3v) is 4.90. The molecule has 4 rings (SSSR count). The highest BCUT2D eigenvalue weighted by molar-refractivity contribution is 5.71. The second kappa shape index (κ2) is 9.27. The van der Waals surface area contributed by atoms with Gasteiger partial charge in [-0.2, -0.15) is 0 Å². The van der Waals surface area contributed by atoms with E-state index in [0.717, 1.165) is 45.0 Å². The van der Waals surface area contributed by atoms with Crippen molar-refractivity contribution >= 4 is 22.7 Å². The molecule has 0 saturated heterocycles. The first-order valence-electron chi connectivity index (χ1n) is 9.88. The molecule has 30 heavy (non-hydrogen) atoms. The van der Waals surface area contributed by atoms with Crippen LogP contribution in [-0.2, 0) is 13.2 Å². The maximum atomic E-state index is 9.27. The average Bonchev–Trinajstić information content (AvgIpc) is 2.80. The van der Waals surface area contributed by atoms with Crippen molar-refractivity contribution in [1.82, 2.24) is 0 Å². The number of nitrogens with one attached hydrogen (secondary N) is 2. The van der Waals surface area contributed by atoms with Crippen LogP contribution in [0.1, 0.15) is 11.1 Å². The Bertz CT molecular complexity index is 1020. The lowest BCUT2D eigenvalue weighted by atomic mass is 10.0. The highest BCUT2D eigenvalue weighted by Gasteiger charge is 2.02. The maximum absolute atomic E-state index is 9.27. The van der Waals surface area contributed by atoms with Gasteiger partial charge in [0.15, 0.2) is 0 Å². The molecule has 4 aromatic carbocycles. The molecule has 0 unspecified atom stereocenters. The van der Waals surface area contributed by atoms with E-state index >= 15 is 0 Å². The summed E-state index contributed by atoms with van der Waals surface area (Å²) in [6, 6.07) is 32.0. The number of hydrogen-bond donors (Lipinski definition) is 4. The zero-order valence-electron chi connectivity index (χ0n) is 16.5. The van der Waals surface area contributed by atoms with Crippen LogP contribution in [0.15, 0.2) is 97.1 Å². The minimum atomic E-state index is 0.0339. The number of aliphatic hydroxyl groups excluding tert-OH is 2. The molecule has 0 fully saturated rings. The summed E-state index contributed by atoms with van der Waals surface area (Å²) in [6.07, 6.45) is 0. The van der Waals surface area contributed by atoms with Crippen molar-refractivity contribution < 1.29 is 10.2 Å². The Hall–Kier alpha value is -3.60. The molecule has 4 N–H and O–H groups in total. The first-order valence-corrected chi connectivity index (χ1v) is 9.88. The molecule has 0 bridgehead atoms. The topological polar surface area (TPSA) is 64.5 Å². The van der Waals surface area contributed by atoms with Crippen molar-refractivity contribution in [3.8, 4) is 11.1 Å². The molecular formula is C26H24N2O2. The van der Waals surface area contributed by atoms with Crippen molar-refractivity contribution in [2.45, 2.75) is 13.2 Å². The lowest BCUT2D eigenvalue weighted by Gasteiger charge is -2.10. The van der Waals surface area contributed by atoms with E-state index in [4.69, 9.17) is 0 Å². The normalized spacial score (nSPS) is 10.6. The number of aliphatic hydroxyl groups is 2. The maximum Gasteiger partial charge on any atom is 0.0682 e. The van der Waals surface area contributed by atoms with Crippen LogP contribution in [0, 0.1) is 0 Å². The lowest BCUT2D eigenvalue weighted by molar-refractivity contribution is 0.281. The summed E-state index contributed by atoms with van der Waals surface area (Å²) in [5.41, 5.74) is 7.94. The van der Waals surface area contributed by atoms with Gasteiger partial charge in [-0.1, -0.05) is 48.5 Å². The molecule has 4 heteroatoms. The molecule has 0 aromatic heterocycles. The van der Waals surface area contributed by atoms with Crippen molar-refractivity contribution in [3.05, 3.63) is 108 Å². The highest BCUT2D eigenvalue weighted by Crippen LogP contribution is 2.26. The molecule has 0 spiro atoms. The van der Waals surface area contributed by atoms with Crippen LogP contribution in [-0.4, -0.2) is 10.2 Å². The Labute approximate surface area is 176 Å². The molecule has 0 aliphatic heterocycles. The molecule has 0 aliphatic rings. The van der Waals surface area contributed by atoms with E-state index in [1.54, 1.807) is 0 Å². The second-order valence-electron chi connectivity index (χ2n) is 7.12. The number of hydrogen-bond acceptors (Lipinski definition) is 4. The zero-order chi connectivity index (χ0) is 20.8. The van der Waals surface area contributed by atoms with Gasteiger partial charge in [-0.25, -0.2) is 0 Å². The Kier molecular flexibility index (Phi) is 6.09. The summed E-state index contributed by atoms with van der Waals surface area (Å²) in [6.45, 7) is 0.0678. The minimum absolute atomic E-state index is 0.0339. The van der Waals surface area contributed by atoms with Crippen molar-refractivity contribution in [2.75, 3.05) is 10.6 Å². The minimum Gasteiger partial charge on any atom is -0.392 e. The monoisotopic (exact) mass is 396 g/mol. The fourth-order valence-corrected chi connectivity index (χ4v) is 3.32. The Morgan fingerprint density at radius 3 is 1.23 bits per heavy atom. The largest absolute Gasteiger partial charge is 0.392 e. The molecule has 4 aromatic rings. The van der Waals surface area contributed by atoms with Gasteiger partial charge in [0.25, 0.3) is 0 Å². The fraction of sp³-hybridized carbons (Fsp3) is 0.0769. The lowest BCUT2D eigenvalue weighted by Crippen LogP contribution is -1.93. The summed E-state index contributed by atoms with van der Waals surface area (Å²) in [7, 11) is 0. The van der Waals surface area contributed by atoms with Gasteiger partial charge in [-0.05, 0) is 70.8 Å². The molecule has 150 valence electrons. The van der Waals surface area contributed by atoms with Gasteiger partial charge in [0, 0.05) is 22.7 Å². The van der Waals surface area contributed by atoms with Gasteiger partial charge in [0.2, 0.25) is 0 Å². The molecule has 0 aliphatic carbocycles. The van der Waals surface area contributed by atoms with Crippen LogP contribution in [0.25, 0.3) is 11.1 Å². The predicted octanol–water partition coefficient (Wildman–Crippen LogP) is 5.83. The summed E-state index contributed by atoms with van der Waals surface area (Å²) < 4.78 is 0. The van der Waals surface area contributed by atoms with Crippen LogP contribution < -0.4 is 10.6 Å². The third-order valence-electron chi connectivity index (χ3n) is 4.90. The first-order chi connectivity index (χ1) is 14.7. The number of anilines is 4. The SMILES string of the molecule is OCc1cccc(Nc2ccc(-c3ccc(Nc4cccc(CO)c4)cc3)cc2)c1. The summed E-state index contributed by atoms with van der Waals surface area (Å²) in [5.74, 6) is 0. The first kappa shape index (κ1) is 19.7. The van der Waals surface area contributed by atoms with E-state index in [-0.39, 0.29) is 13.2 Å². The Morgan fingerprint density at radius 1 is 0.467 bits per heavy atom. The predicted molar refractivity (Wildman–Crippen MR) is 123 cm³/mol. The van der Waals surface area contributed by atoms with Gasteiger partial charge in [-0.3, -0.25) is 0 Å². The van der Waals surface area contributed by atoms with Crippen LogP contribution in [0.2, 0.25) is 0 Å². The summed E-state index contributed by atoms with van der Waals surface area (Å²) in [5, 5.41) is 25.3. The molecule has 0 saturated carbocycles. The van der Waals surface area contributed by atoms with Crippen molar-refractivity contribution in [3.63, 3.8) is 0 Å². The van der Waals surface area contributed by atoms with E-state index in [1.807, 2.05) is 72.8 Å². The third kappa shape index (κ3) is 4.87. The highest BCUT2D eigenvalue weighted by atomic mass is 16.3. The second-order valence-corrected chi connectivity index (χ2v) is 7.12. The van der Waals surface area contributed by atoms with Crippen LogP contribution in [0.5, 0.6) is 0 Å². The average molecular weight is 396 g/mol. The van der Waals surface area contributed by atoms with Crippen LogP contribution in [0.4, 0.5) is 22.7 Å². The molecule has 4 nitrogen and oxygen atoms in total. The molecule has 0 radical (unpaired) electrons. The molecule has 0 amide bonds. The van der Waals surface area contributed by atoms with E-state index in [9.17, 15) is 10.2 Å². The molecule has 0 atom stereocenters. The standard InChI is InChI=1S/C26H24N2O2/c29-17-19-3-1-5-25(15-19)27-23-11-7-21(8-12-23)22-9-13-24(14-10-22)28-26-6-2-4-20(16-26)18-30/h1-16,27-30H,17-18H2. The number of rotatable bonds is 7. The summed E-state index contributed by atoms with van der Waals surface area (Å²) >= 11 is 0. The van der Waals surface area contributed by atoms with Gasteiger partial charge in [0.05, 0.1) is 13.2 Å². The van der Waals surface area contributed by atoms with Crippen molar-refractivity contribution in [2.24, 2.45) is 0 Å². The smallest absolute Gasteiger partial charge is 0.0682 e. The quantitative estimate of drug-likeness (QED) is 0.318. The Balaban J connectivity index is 1.43. The van der Waals surface area contributed by atoms with Gasteiger partial charge in [0.1, 0.15) is 0 Å². The van der Waals surface area contributed by atoms with E-state index in [2.05, 4.69) is 34.9 Å². The molecular weight excluding hydrogens is 372 g/mol. The van der Waals surface area contributed by atoms with Gasteiger partial charge < -0.3 is 20.8 Å². The zero-order valence-corrected chi connectivity index (χ0v) is 16.5. The van der Waals surface area contributed by atoms with E-state index < -0.39 is 0 Å². The number of benzene rings is 4. The van der Waals surface area contributed by atoms with E-state index in [1.165, 1.54) is 0 Å². The molecule has 0 heterocycles. The van der Waals surface area contributed by atoms with E-state index in [0.29, 0.717) is 0 Å². The van der Waals surface area contributed by atoms with Gasteiger partial charge >= 0.3 is 0 Å².